The fraction of sp³-hybridized carbons (Fsp3) is 0.188. The van der Waals surface area contributed by atoms with Crippen molar-refractivity contribution in [3.05, 3.63) is 65.7 Å². The zero-order valence-corrected chi connectivity index (χ0v) is 14.3. The van der Waals surface area contributed by atoms with Gasteiger partial charge in [-0.25, -0.2) is 0 Å². The Labute approximate surface area is 144 Å². The van der Waals surface area contributed by atoms with Crippen LogP contribution in [0.2, 0.25) is 0 Å². The second kappa shape index (κ2) is 8.18. The molecular formula is C16H15O3Y-. The number of rotatable bonds is 4. The van der Waals surface area contributed by atoms with Gasteiger partial charge >= 0.3 is 5.97 Å². The summed E-state index contributed by atoms with van der Waals surface area (Å²) in [7, 11) is 3.01. The van der Waals surface area contributed by atoms with Crippen molar-refractivity contribution in [2.75, 3.05) is 14.2 Å². The molecule has 1 unspecified atom stereocenters. The zero-order valence-electron chi connectivity index (χ0n) is 11.5. The molecule has 101 valence electrons. The minimum atomic E-state index is -0.425. The molecule has 2 aromatic rings. The first-order valence-electron chi connectivity index (χ1n) is 5.94. The van der Waals surface area contributed by atoms with E-state index in [2.05, 4.69) is 6.07 Å². The van der Waals surface area contributed by atoms with Crippen molar-refractivity contribution < 1.29 is 47.0 Å². The Balaban J connectivity index is 0.00000200. The molecule has 0 spiro atoms. The molecule has 0 aliphatic carbocycles. The van der Waals surface area contributed by atoms with E-state index in [4.69, 9.17) is 9.47 Å². The van der Waals surface area contributed by atoms with Crippen molar-refractivity contribution in [2.45, 2.75) is 5.92 Å². The monoisotopic (exact) mass is 344 g/mol. The van der Waals surface area contributed by atoms with Gasteiger partial charge in [0.25, 0.3) is 0 Å². The first-order chi connectivity index (χ1) is 9.26. The van der Waals surface area contributed by atoms with Crippen LogP contribution in [-0.4, -0.2) is 20.2 Å². The normalized spacial score (nSPS) is 11.1. The molecule has 0 saturated carbocycles. The van der Waals surface area contributed by atoms with E-state index in [1.807, 2.05) is 36.4 Å². The van der Waals surface area contributed by atoms with Crippen molar-refractivity contribution in [3.63, 3.8) is 0 Å². The fourth-order valence-electron chi connectivity index (χ4n) is 1.97. The molecule has 0 N–H and O–H groups in total. The van der Waals surface area contributed by atoms with E-state index in [-0.39, 0.29) is 38.7 Å². The molecule has 0 aliphatic heterocycles. The van der Waals surface area contributed by atoms with Crippen molar-refractivity contribution >= 4 is 5.97 Å². The van der Waals surface area contributed by atoms with Gasteiger partial charge in [-0.3, -0.25) is 4.79 Å². The summed E-state index contributed by atoms with van der Waals surface area (Å²) in [5, 5.41) is 0. The minimum absolute atomic E-state index is 0. The molecule has 2 rings (SSSR count). The van der Waals surface area contributed by atoms with Gasteiger partial charge in [0, 0.05) is 32.7 Å². The Morgan fingerprint density at radius 3 is 2.05 bits per heavy atom. The van der Waals surface area contributed by atoms with Gasteiger partial charge < -0.3 is 9.47 Å². The SMILES string of the molecule is COC(=O)C(c1cc[c-]cc1)c1ccc(OC)cc1.[Y]. The zero-order chi connectivity index (χ0) is 13.7. The van der Waals surface area contributed by atoms with E-state index < -0.39 is 5.92 Å². The Kier molecular flexibility index (Phi) is 6.90. The molecule has 0 heterocycles. The van der Waals surface area contributed by atoms with Crippen molar-refractivity contribution in [1.29, 1.82) is 0 Å². The number of hydrogen-bond donors (Lipinski definition) is 0. The average molecular weight is 344 g/mol. The third-order valence-corrected chi connectivity index (χ3v) is 2.96. The Hall–Kier alpha value is -1.19. The summed E-state index contributed by atoms with van der Waals surface area (Å²) in [5.74, 6) is 0.0515. The van der Waals surface area contributed by atoms with Crippen molar-refractivity contribution in [3.8, 4) is 5.75 Å². The Morgan fingerprint density at radius 2 is 1.55 bits per heavy atom. The molecule has 1 atom stereocenters. The summed E-state index contributed by atoms with van der Waals surface area (Å²) in [6.45, 7) is 0. The maximum absolute atomic E-state index is 12.0. The number of carbonyl (C=O) groups is 1. The van der Waals surface area contributed by atoms with Gasteiger partial charge in [-0.15, -0.1) is 5.56 Å². The van der Waals surface area contributed by atoms with Gasteiger partial charge in [-0.05, 0) is 17.7 Å². The molecule has 4 heteroatoms. The van der Waals surface area contributed by atoms with Crippen LogP contribution in [0.1, 0.15) is 17.0 Å². The van der Waals surface area contributed by atoms with E-state index in [0.29, 0.717) is 0 Å². The average Bonchev–Trinajstić information content (AvgIpc) is 2.49. The summed E-state index contributed by atoms with van der Waals surface area (Å²) in [6, 6.07) is 17.7. The first kappa shape index (κ1) is 16.9. The van der Waals surface area contributed by atoms with Crippen LogP contribution in [0.15, 0.2) is 48.5 Å². The molecule has 20 heavy (non-hydrogen) atoms. The van der Waals surface area contributed by atoms with E-state index in [1.165, 1.54) is 7.11 Å². The number of esters is 1. The van der Waals surface area contributed by atoms with Crippen LogP contribution in [0.25, 0.3) is 0 Å². The van der Waals surface area contributed by atoms with Gasteiger partial charge in [0.1, 0.15) is 5.75 Å². The number of methoxy groups -OCH3 is 2. The molecule has 3 nitrogen and oxygen atoms in total. The third kappa shape index (κ3) is 3.91. The maximum Gasteiger partial charge on any atom is 0.315 e. The third-order valence-electron chi connectivity index (χ3n) is 2.96. The van der Waals surface area contributed by atoms with E-state index in [9.17, 15) is 4.79 Å². The smallest absolute Gasteiger partial charge is 0.315 e. The Bertz CT molecular complexity index is 537. The molecule has 1 radical (unpaired) electrons. The summed E-state index contributed by atoms with van der Waals surface area (Å²) >= 11 is 0. The Morgan fingerprint density at radius 1 is 1.00 bits per heavy atom. The molecule has 0 bridgehead atoms. The number of hydrogen-bond acceptors (Lipinski definition) is 3. The van der Waals surface area contributed by atoms with Crippen molar-refractivity contribution in [1.82, 2.24) is 0 Å². The van der Waals surface area contributed by atoms with Crippen molar-refractivity contribution in [2.24, 2.45) is 0 Å². The second-order valence-electron chi connectivity index (χ2n) is 4.06. The summed E-state index contributed by atoms with van der Waals surface area (Å²) in [6.07, 6.45) is 0. The summed E-state index contributed by atoms with van der Waals surface area (Å²) < 4.78 is 10.0. The van der Waals surface area contributed by atoms with Crippen LogP contribution in [0, 0.1) is 6.07 Å². The van der Waals surface area contributed by atoms with Gasteiger partial charge in [0.15, 0.2) is 0 Å². The van der Waals surface area contributed by atoms with Gasteiger partial charge in [-0.1, -0.05) is 12.1 Å². The van der Waals surface area contributed by atoms with E-state index in [0.717, 1.165) is 16.9 Å². The van der Waals surface area contributed by atoms with Gasteiger partial charge in [0.2, 0.25) is 0 Å². The fourth-order valence-corrected chi connectivity index (χ4v) is 1.97. The molecule has 2 aromatic carbocycles. The molecular weight excluding hydrogens is 329 g/mol. The molecule has 0 aromatic heterocycles. The number of ether oxygens (including phenoxy) is 2. The largest absolute Gasteiger partial charge is 0.497 e. The van der Waals surface area contributed by atoms with Crippen LogP contribution < -0.4 is 4.74 Å². The molecule has 0 saturated heterocycles. The van der Waals surface area contributed by atoms with Gasteiger partial charge in [0.05, 0.1) is 20.1 Å². The van der Waals surface area contributed by atoms with Crippen LogP contribution in [0.4, 0.5) is 0 Å². The summed E-state index contributed by atoms with van der Waals surface area (Å²) in [5.41, 5.74) is 1.76. The van der Waals surface area contributed by atoms with Gasteiger partial charge in [-0.2, -0.15) is 30.3 Å². The summed E-state index contributed by atoms with van der Waals surface area (Å²) in [4.78, 5) is 12.0. The van der Waals surface area contributed by atoms with Crippen LogP contribution >= 0.6 is 0 Å². The minimum Gasteiger partial charge on any atom is -0.497 e. The predicted octanol–water partition coefficient (Wildman–Crippen LogP) is 2.80. The standard InChI is InChI=1S/C16H15O3.Y/c1-18-14-10-8-13(9-11-14)15(16(17)19-2)12-6-4-3-5-7-12;/h4-11,15H,1-2H3;/q-1;. The number of carbonyl (C=O) groups excluding carboxylic acids is 1. The molecule has 0 aliphatic rings. The van der Waals surface area contributed by atoms with Crippen LogP contribution in [0.5, 0.6) is 5.75 Å². The van der Waals surface area contributed by atoms with E-state index in [1.54, 1.807) is 19.2 Å². The predicted molar refractivity (Wildman–Crippen MR) is 72.1 cm³/mol. The van der Waals surface area contributed by atoms with E-state index >= 15 is 0 Å². The quantitative estimate of drug-likeness (QED) is 0.632. The topological polar surface area (TPSA) is 35.5 Å². The molecule has 0 amide bonds. The van der Waals surface area contributed by atoms with Crippen LogP contribution in [-0.2, 0) is 42.2 Å². The molecule has 0 fully saturated rings. The maximum atomic E-state index is 12.0. The second-order valence-corrected chi connectivity index (χ2v) is 4.06. The number of benzene rings is 2. The van der Waals surface area contributed by atoms with Crippen LogP contribution in [0.3, 0.4) is 0 Å². The first-order valence-corrected chi connectivity index (χ1v) is 5.94.